The van der Waals surface area contributed by atoms with Crippen LogP contribution >= 0.6 is 0 Å². The van der Waals surface area contributed by atoms with Crippen LogP contribution in [0.4, 0.5) is 0 Å². The van der Waals surface area contributed by atoms with Crippen LogP contribution in [0.3, 0.4) is 0 Å². The highest BCUT2D eigenvalue weighted by atomic mass is 15.3. The molecular formula is C17H31N5. The van der Waals surface area contributed by atoms with Crippen molar-refractivity contribution in [3.05, 3.63) is 18.5 Å². The van der Waals surface area contributed by atoms with E-state index in [0.29, 0.717) is 0 Å². The van der Waals surface area contributed by atoms with Gasteiger partial charge >= 0.3 is 0 Å². The summed E-state index contributed by atoms with van der Waals surface area (Å²) in [5.41, 5.74) is 0. The summed E-state index contributed by atoms with van der Waals surface area (Å²) in [4.78, 5) is 6.89. The Morgan fingerprint density at radius 2 is 2.23 bits per heavy atom. The standard InChI is InChI=1S/C17H31N5/c1-4-15(5-2)16-8-13-21(14-16)17(18-3)19-9-6-11-22-12-7-10-20-22/h7,10,12,15-16H,4-6,8-9,11,13-14H2,1-3H3,(H,18,19). The van der Waals surface area contributed by atoms with E-state index in [-0.39, 0.29) is 0 Å². The molecule has 1 aliphatic heterocycles. The molecule has 0 amide bonds. The fourth-order valence-corrected chi connectivity index (χ4v) is 3.53. The number of nitrogens with zero attached hydrogens (tertiary/aromatic N) is 4. The van der Waals surface area contributed by atoms with Crippen LogP contribution in [0.25, 0.3) is 0 Å². The number of nitrogens with one attached hydrogen (secondary N) is 1. The molecule has 0 bridgehead atoms. The van der Waals surface area contributed by atoms with Crippen LogP contribution in [0.1, 0.15) is 39.5 Å². The first-order valence-corrected chi connectivity index (χ1v) is 8.71. The Morgan fingerprint density at radius 3 is 2.86 bits per heavy atom. The second-order valence-corrected chi connectivity index (χ2v) is 6.17. The smallest absolute Gasteiger partial charge is 0.193 e. The van der Waals surface area contributed by atoms with Crippen LogP contribution in [0.2, 0.25) is 0 Å². The number of aromatic nitrogens is 2. The van der Waals surface area contributed by atoms with E-state index >= 15 is 0 Å². The summed E-state index contributed by atoms with van der Waals surface area (Å²) >= 11 is 0. The van der Waals surface area contributed by atoms with Gasteiger partial charge in [-0.05, 0) is 30.7 Å². The van der Waals surface area contributed by atoms with E-state index in [4.69, 9.17) is 0 Å². The Kier molecular flexibility index (Phi) is 6.74. The van der Waals surface area contributed by atoms with E-state index < -0.39 is 0 Å². The van der Waals surface area contributed by atoms with Crippen LogP contribution in [-0.2, 0) is 6.54 Å². The highest BCUT2D eigenvalue weighted by Gasteiger charge is 2.29. The predicted molar refractivity (Wildman–Crippen MR) is 92.0 cm³/mol. The number of likely N-dealkylation sites (tertiary alicyclic amines) is 1. The maximum atomic E-state index is 4.46. The minimum atomic E-state index is 0.831. The third-order valence-corrected chi connectivity index (χ3v) is 4.86. The molecule has 0 saturated carbocycles. The molecule has 5 heteroatoms. The first kappa shape index (κ1) is 16.8. The normalized spacial score (nSPS) is 19.2. The number of guanidine groups is 1. The molecule has 2 rings (SSSR count). The van der Waals surface area contributed by atoms with E-state index in [0.717, 1.165) is 50.4 Å². The van der Waals surface area contributed by atoms with Crippen molar-refractivity contribution in [2.45, 2.75) is 46.1 Å². The number of aliphatic imine (C=N–C) groups is 1. The minimum Gasteiger partial charge on any atom is -0.356 e. The molecule has 1 fully saturated rings. The lowest BCUT2D eigenvalue weighted by molar-refractivity contribution is 0.319. The van der Waals surface area contributed by atoms with Gasteiger partial charge in [-0.15, -0.1) is 0 Å². The van der Waals surface area contributed by atoms with Crippen molar-refractivity contribution in [2.24, 2.45) is 16.8 Å². The van der Waals surface area contributed by atoms with Gasteiger partial charge in [-0.3, -0.25) is 9.67 Å². The minimum absolute atomic E-state index is 0.831. The maximum Gasteiger partial charge on any atom is 0.193 e. The highest BCUT2D eigenvalue weighted by molar-refractivity contribution is 5.80. The molecule has 1 unspecified atom stereocenters. The second kappa shape index (κ2) is 8.81. The third kappa shape index (κ3) is 4.49. The summed E-state index contributed by atoms with van der Waals surface area (Å²) in [5, 5.41) is 7.73. The predicted octanol–water partition coefficient (Wildman–Crippen LogP) is 2.61. The molecule has 0 spiro atoms. The molecular weight excluding hydrogens is 274 g/mol. The zero-order valence-electron chi connectivity index (χ0n) is 14.3. The first-order chi connectivity index (χ1) is 10.8. The van der Waals surface area contributed by atoms with Gasteiger partial charge in [0.1, 0.15) is 0 Å². The van der Waals surface area contributed by atoms with Crippen molar-refractivity contribution >= 4 is 5.96 Å². The number of rotatable bonds is 7. The Hall–Kier alpha value is -1.52. The van der Waals surface area contributed by atoms with E-state index in [9.17, 15) is 0 Å². The number of aryl methyl sites for hydroxylation is 1. The van der Waals surface area contributed by atoms with Crippen LogP contribution in [-0.4, -0.2) is 47.3 Å². The van der Waals surface area contributed by atoms with Gasteiger partial charge in [0.15, 0.2) is 5.96 Å². The largest absolute Gasteiger partial charge is 0.356 e. The van der Waals surface area contributed by atoms with Gasteiger partial charge in [0.25, 0.3) is 0 Å². The van der Waals surface area contributed by atoms with Crippen molar-refractivity contribution in [1.82, 2.24) is 20.0 Å². The third-order valence-electron chi connectivity index (χ3n) is 4.86. The molecule has 0 aromatic carbocycles. The molecule has 1 atom stereocenters. The van der Waals surface area contributed by atoms with Crippen molar-refractivity contribution < 1.29 is 0 Å². The Balaban J connectivity index is 1.73. The summed E-state index contributed by atoms with van der Waals surface area (Å²) in [6, 6.07) is 1.97. The molecule has 1 saturated heterocycles. The van der Waals surface area contributed by atoms with Crippen molar-refractivity contribution in [1.29, 1.82) is 0 Å². The van der Waals surface area contributed by atoms with Gasteiger partial charge < -0.3 is 10.2 Å². The lowest BCUT2D eigenvalue weighted by Crippen LogP contribution is -2.41. The van der Waals surface area contributed by atoms with E-state index in [1.807, 2.05) is 30.2 Å². The molecule has 0 aliphatic carbocycles. The second-order valence-electron chi connectivity index (χ2n) is 6.17. The van der Waals surface area contributed by atoms with Gasteiger partial charge in [-0.2, -0.15) is 5.10 Å². The Labute approximate surface area is 134 Å². The zero-order chi connectivity index (χ0) is 15.8. The van der Waals surface area contributed by atoms with Gasteiger partial charge in [0.2, 0.25) is 0 Å². The molecule has 1 aromatic rings. The lowest BCUT2D eigenvalue weighted by atomic mass is 9.87. The first-order valence-electron chi connectivity index (χ1n) is 8.71. The number of hydrogen-bond donors (Lipinski definition) is 1. The maximum absolute atomic E-state index is 4.46. The Bertz CT molecular complexity index is 436. The van der Waals surface area contributed by atoms with Crippen LogP contribution in [0.15, 0.2) is 23.5 Å². The fraction of sp³-hybridized carbons (Fsp3) is 0.765. The number of hydrogen-bond acceptors (Lipinski definition) is 2. The molecule has 2 heterocycles. The summed E-state index contributed by atoms with van der Waals surface area (Å²) in [5.74, 6) is 2.76. The summed E-state index contributed by atoms with van der Waals surface area (Å²) in [7, 11) is 1.89. The molecule has 1 N–H and O–H groups in total. The van der Waals surface area contributed by atoms with Crippen LogP contribution in [0.5, 0.6) is 0 Å². The van der Waals surface area contributed by atoms with E-state index in [1.165, 1.54) is 19.3 Å². The van der Waals surface area contributed by atoms with Crippen LogP contribution in [0, 0.1) is 11.8 Å². The molecule has 22 heavy (non-hydrogen) atoms. The summed E-state index contributed by atoms with van der Waals surface area (Å²) in [6.45, 7) is 8.83. The molecule has 0 radical (unpaired) electrons. The average Bonchev–Trinajstić information content (AvgIpc) is 3.21. The van der Waals surface area contributed by atoms with Gasteiger partial charge in [-0.25, -0.2) is 0 Å². The van der Waals surface area contributed by atoms with Crippen molar-refractivity contribution in [3.8, 4) is 0 Å². The average molecular weight is 305 g/mol. The van der Waals surface area contributed by atoms with Gasteiger partial charge in [-0.1, -0.05) is 26.7 Å². The molecule has 1 aromatic heterocycles. The van der Waals surface area contributed by atoms with Crippen molar-refractivity contribution in [2.75, 3.05) is 26.7 Å². The fourth-order valence-electron chi connectivity index (χ4n) is 3.53. The highest BCUT2D eigenvalue weighted by Crippen LogP contribution is 2.28. The van der Waals surface area contributed by atoms with Crippen LogP contribution < -0.4 is 5.32 Å². The SMILES string of the molecule is CCC(CC)C1CCN(C(=NC)NCCCn2cccn2)C1. The summed E-state index contributed by atoms with van der Waals surface area (Å²) in [6.07, 6.45) is 8.80. The van der Waals surface area contributed by atoms with Gasteiger partial charge in [0, 0.05) is 45.6 Å². The Morgan fingerprint density at radius 1 is 1.41 bits per heavy atom. The molecule has 1 aliphatic rings. The lowest BCUT2D eigenvalue weighted by Gasteiger charge is -2.24. The zero-order valence-corrected chi connectivity index (χ0v) is 14.3. The van der Waals surface area contributed by atoms with E-state index in [1.54, 1.807) is 0 Å². The topological polar surface area (TPSA) is 45.5 Å². The molecule has 5 nitrogen and oxygen atoms in total. The monoisotopic (exact) mass is 305 g/mol. The summed E-state index contributed by atoms with van der Waals surface area (Å²) < 4.78 is 1.98. The van der Waals surface area contributed by atoms with E-state index in [2.05, 4.69) is 34.2 Å². The van der Waals surface area contributed by atoms with Crippen molar-refractivity contribution in [3.63, 3.8) is 0 Å². The van der Waals surface area contributed by atoms with Gasteiger partial charge in [0.05, 0.1) is 0 Å². The molecule has 124 valence electrons. The quantitative estimate of drug-likeness (QED) is 0.478.